The first kappa shape index (κ1) is 18.8. The van der Waals surface area contributed by atoms with Crippen LogP contribution in [0.1, 0.15) is 25.3 Å². The van der Waals surface area contributed by atoms with Gasteiger partial charge in [0.15, 0.2) is 0 Å². The third-order valence-corrected chi connectivity index (χ3v) is 4.65. The zero-order chi connectivity index (χ0) is 18.2. The molecule has 1 fully saturated rings. The van der Waals surface area contributed by atoms with Gasteiger partial charge in [0.1, 0.15) is 11.3 Å². The SMILES string of the molecule is CCCCS/C(=C\C=C1C(=O)NC(=O)NC1=O)c1ccc(OC)cc1. The highest BCUT2D eigenvalue weighted by Gasteiger charge is 2.27. The van der Waals surface area contributed by atoms with Crippen LogP contribution in [0, 0.1) is 0 Å². The maximum atomic E-state index is 11.8. The van der Waals surface area contributed by atoms with E-state index in [2.05, 4.69) is 17.6 Å². The summed E-state index contributed by atoms with van der Waals surface area (Å²) in [5.41, 5.74) is 0.869. The summed E-state index contributed by atoms with van der Waals surface area (Å²) >= 11 is 1.65. The van der Waals surface area contributed by atoms with Crippen molar-refractivity contribution in [2.24, 2.45) is 0 Å². The van der Waals surface area contributed by atoms with Crippen LogP contribution in [-0.4, -0.2) is 30.7 Å². The van der Waals surface area contributed by atoms with E-state index in [4.69, 9.17) is 4.74 Å². The molecule has 25 heavy (non-hydrogen) atoms. The number of urea groups is 1. The maximum Gasteiger partial charge on any atom is 0.328 e. The first-order chi connectivity index (χ1) is 12.0. The lowest BCUT2D eigenvalue weighted by molar-refractivity contribution is -0.124. The molecule has 0 bridgehead atoms. The molecule has 4 amide bonds. The maximum absolute atomic E-state index is 11.8. The van der Waals surface area contributed by atoms with Crippen molar-refractivity contribution >= 4 is 34.5 Å². The van der Waals surface area contributed by atoms with E-state index in [0.29, 0.717) is 0 Å². The number of unbranched alkanes of at least 4 members (excludes halogenated alkanes) is 1. The number of carbonyl (C=O) groups excluding carboxylic acids is 3. The lowest BCUT2D eigenvalue weighted by Gasteiger charge is -2.13. The number of thioether (sulfide) groups is 1. The molecule has 2 rings (SSSR count). The third-order valence-electron chi connectivity index (χ3n) is 3.47. The highest BCUT2D eigenvalue weighted by atomic mass is 32.2. The summed E-state index contributed by atoms with van der Waals surface area (Å²) in [5.74, 6) is 0.286. The van der Waals surface area contributed by atoms with Crippen molar-refractivity contribution in [1.29, 1.82) is 0 Å². The predicted molar refractivity (Wildman–Crippen MR) is 98.1 cm³/mol. The Morgan fingerprint density at radius 2 is 1.76 bits per heavy atom. The number of methoxy groups -OCH3 is 1. The largest absolute Gasteiger partial charge is 0.497 e. The van der Waals surface area contributed by atoms with Crippen molar-refractivity contribution in [2.75, 3.05) is 12.9 Å². The van der Waals surface area contributed by atoms with Crippen LogP contribution in [0.2, 0.25) is 0 Å². The van der Waals surface area contributed by atoms with Gasteiger partial charge in [0.2, 0.25) is 0 Å². The Hall–Kier alpha value is -2.54. The van der Waals surface area contributed by atoms with E-state index in [1.807, 2.05) is 24.3 Å². The summed E-state index contributed by atoms with van der Waals surface area (Å²) in [5, 5.41) is 4.12. The average Bonchev–Trinajstić information content (AvgIpc) is 2.59. The fourth-order valence-corrected chi connectivity index (χ4v) is 3.22. The smallest absolute Gasteiger partial charge is 0.328 e. The Balaban J connectivity index is 2.28. The number of amides is 4. The zero-order valence-electron chi connectivity index (χ0n) is 14.1. The van der Waals surface area contributed by atoms with E-state index < -0.39 is 17.8 Å². The predicted octanol–water partition coefficient (Wildman–Crippen LogP) is 2.86. The molecule has 0 unspecified atom stereocenters. The zero-order valence-corrected chi connectivity index (χ0v) is 14.9. The van der Waals surface area contributed by atoms with Gasteiger partial charge in [-0.05, 0) is 42.0 Å². The molecule has 1 heterocycles. The van der Waals surface area contributed by atoms with Gasteiger partial charge in [-0.25, -0.2) is 4.79 Å². The molecule has 1 aliphatic heterocycles. The number of nitrogens with one attached hydrogen (secondary N) is 2. The number of rotatable bonds is 7. The van der Waals surface area contributed by atoms with Crippen LogP contribution >= 0.6 is 11.8 Å². The van der Waals surface area contributed by atoms with Crippen molar-refractivity contribution in [3.05, 3.63) is 47.6 Å². The van der Waals surface area contributed by atoms with Gasteiger partial charge < -0.3 is 4.74 Å². The highest BCUT2D eigenvalue weighted by molar-refractivity contribution is 8.08. The van der Waals surface area contributed by atoms with Crippen LogP contribution in [0.25, 0.3) is 4.91 Å². The number of allylic oxidation sites excluding steroid dienone is 2. The van der Waals surface area contributed by atoms with Gasteiger partial charge in [0, 0.05) is 4.91 Å². The third kappa shape index (κ3) is 5.22. The second kappa shape index (κ2) is 9.08. The van der Waals surface area contributed by atoms with Crippen molar-refractivity contribution in [3.63, 3.8) is 0 Å². The fourth-order valence-electron chi connectivity index (χ4n) is 2.10. The number of ether oxygens (including phenoxy) is 1. The van der Waals surface area contributed by atoms with Crippen molar-refractivity contribution < 1.29 is 19.1 Å². The Labute approximate surface area is 150 Å². The lowest BCUT2D eigenvalue weighted by Crippen LogP contribution is -2.51. The lowest BCUT2D eigenvalue weighted by atomic mass is 10.1. The molecule has 1 aromatic carbocycles. The van der Waals surface area contributed by atoms with Crippen LogP contribution in [0.15, 0.2) is 42.0 Å². The minimum absolute atomic E-state index is 0.0956. The van der Waals surface area contributed by atoms with E-state index in [9.17, 15) is 14.4 Å². The first-order valence-corrected chi connectivity index (χ1v) is 8.89. The summed E-state index contributed by atoms with van der Waals surface area (Å²) in [6.07, 6.45) is 5.31. The van der Waals surface area contributed by atoms with Gasteiger partial charge in [-0.3, -0.25) is 20.2 Å². The Bertz CT molecular complexity index is 701. The highest BCUT2D eigenvalue weighted by Crippen LogP contribution is 2.30. The molecule has 0 spiro atoms. The van der Waals surface area contributed by atoms with E-state index in [1.54, 1.807) is 24.9 Å². The topological polar surface area (TPSA) is 84.5 Å². The van der Waals surface area contributed by atoms with Gasteiger partial charge in [-0.2, -0.15) is 0 Å². The van der Waals surface area contributed by atoms with Crippen LogP contribution in [0.3, 0.4) is 0 Å². The monoisotopic (exact) mass is 360 g/mol. The molecule has 0 aromatic heterocycles. The van der Waals surface area contributed by atoms with Crippen molar-refractivity contribution in [3.8, 4) is 5.75 Å². The molecule has 1 aromatic rings. The molecule has 1 aliphatic rings. The minimum Gasteiger partial charge on any atom is -0.497 e. The summed E-state index contributed by atoms with van der Waals surface area (Å²) in [6, 6.07) is 6.76. The Kier molecular flexibility index (Phi) is 6.82. The normalized spacial score (nSPS) is 14.9. The van der Waals surface area contributed by atoms with Gasteiger partial charge in [0.05, 0.1) is 7.11 Å². The first-order valence-electron chi connectivity index (χ1n) is 7.91. The standard InChI is InChI=1S/C18H20N2O4S/c1-3-4-11-25-15(12-5-7-13(24-2)8-6-12)10-9-14-16(21)19-18(23)20-17(14)22/h5-10H,3-4,11H2,1-2H3,(H2,19,20,21,22,23)/b15-10-. The molecule has 2 N–H and O–H groups in total. The average molecular weight is 360 g/mol. The molecule has 132 valence electrons. The molecule has 0 saturated carbocycles. The molecule has 0 aliphatic carbocycles. The number of barbiturate groups is 1. The van der Waals surface area contributed by atoms with E-state index in [-0.39, 0.29) is 5.57 Å². The van der Waals surface area contributed by atoms with Crippen LogP contribution < -0.4 is 15.4 Å². The molecule has 6 nitrogen and oxygen atoms in total. The summed E-state index contributed by atoms with van der Waals surface area (Å²) in [4.78, 5) is 35.6. The molecule has 1 saturated heterocycles. The number of carbonyl (C=O) groups is 3. The number of imide groups is 2. The minimum atomic E-state index is -0.802. The number of hydrogen-bond donors (Lipinski definition) is 2. The quantitative estimate of drug-likeness (QED) is 0.444. The summed E-state index contributed by atoms with van der Waals surface area (Å²) in [7, 11) is 1.60. The van der Waals surface area contributed by atoms with E-state index in [1.165, 1.54) is 6.08 Å². The number of benzene rings is 1. The van der Waals surface area contributed by atoms with E-state index in [0.717, 1.165) is 34.8 Å². The van der Waals surface area contributed by atoms with Crippen molar-refractivity contribution in [1.82, 2.24) is 10.6 Å². The Morgan fingerprint density at radius 1 is 1.12 bits per heavy atom. The van der Waals surface area contributed by atoms with Gasteiger partial charge in [-0.1, -0.05) is 25.5 Å². The van der Waals surface area contributed by atoms with Crippen LogP contribution in [0.5, 0.6) is 5.75 Å². The van der Waals surface area contributed by atoms with Gasteiger partial charge in [-0.15, -0.1) is 11.8 Å². The van der Waals surface area contributed by atoms with Crippen LogP contribution in [0.4, 0.5) is 4.79 Å². The molecule has 0 radical (unpaired) electrons. The molecule has 0 atom stereocenters. The van der Waals surface area contributed by atoms with Gasteiger partial charge >= 0.3 is 6.03 Å². The summed E-state index contributed by atoms with van der Waals surface area (Å²) < 4.78 is 5.16. The van der Waals surface area contributed by atoms with Crippen LogP contribution in [-0.2, 0) is 9.59 Å². The molecular weight excluding hydrogens is 340 g/mol. The van der Waals surface area contributed by atoms with E-state index >= 15 is 0 Å². The number of hydrogen-bond acceptors (Lipinski definition) is 5. The second-order valence-electron chi connectivity index (χ2n) is 5.28. The Morgan fingerprint density at radius 3 is 2.32 bits per heavy atom. The molecule has 7 heteroatoms. The fraction of sp³-hybridized carbons (Fsp3) is 0.278. The second-order valence-corrected chi connectivity index (χ2v) is 6.42. The van der Waals surface area contributed by atoms with Crippen molar-refractivity contribution in [2.45, 2.75) is 19.8 Å². The van der Waals surface area contributed by atoms with Gasteiger partial charge in [0.25, 0.3) is 11.8 Å². The summed E-state index contributed by atoms with van der Waals surface area (Å²) in [6.45, 7) is 2.12. The molecular formula is C18H20N2O4S.